The minimum Gasteiger partial charge on any atom is -0.322 e. The van der Waals surface area contributed by atoms with Crippen molar-refractivity contribution in [2.24, 2.45) is 5.73 Å². The van der Waals surface area contributed by atoms with Gasteiger partial charge in [-0.2, -0.15) is 5.10 Å². The maximum Gasteiger partial charge on any atom is 0.241 e. The van der Waals surface area contributed by atoms with Crippen molar-refractivity contribution in [3.8, 4) is 0 Å². The van der Waals surface area contributed by atoms with Gasteiger partial charge < -0.3 is 11.1 Å². The topological polar surface area (TPSA) is 83.8 Å². The van der Waals surface area contributed by atoms with Gasteiger partial charge in [0.2, 0.25) is 5.91 Å². The van der Waals surface area contributed by atoms with E-state index < -0.39 is 6.04 Å². The molecule has 1 heterocycles. The highest BCUT2D eigenvalue weighted by atomic mass is 16.2. The second-order valence-electron chi connectivity index (χ2n) is 2.87. The van der Waals surface area contributed by atoms with Gasteiger partial charge in [-0.1, -0.05) is 13.3 Å². The Morgan fingerprint density at radius 1 is 1.85 bits per heavy atom. The molecule has 72 valence electrons. The number of H-pyrrole nitrogens is 1. The molecule has 5 nitrogen and oxygen atoms in total. The molecule has 0 saturated heterocycles. The number of hydrogen-bond donors (Lipinski definition) is 3. The maximum absolute atomic E-state index is 11.3. The molecule has 1 aromatic rings. The van der Waals surface area contributed by atoms with Gasteiger partial charge in [-0.05, 0) is 6.42 Å². The standard InChI is InChI=1S/C8H14N4O/c1-2-3-7(9)8(13)12-6-4-10-11-5-6/h4-5,7H,2-3,9H2,1H3,(H,10,11)(H,12,13). The molecule has 1 atom stereocenters. The summed E-state index contributed by atoms with van der Waals surface area (Å²) in [7, 11) is 0. The number of hydrogen-bond acceptors (Lipinski definition) is 3. The minimum atomic E-state index is -0.431. The van der Waals surface area contributed by atoms with Gasteiger partial charge in [0.05, 0.1) is 17.9 Å². The van der Waals surface area contributed by atoms with Crippen LogP contribution in [0, 0.1) is 0 Å². The van der Waals surface area contributed by atoms with Crippen LogP contribution in [0.5, 0.6) is 0 Å². The number of rotatable bonds is 4. The summed E-state index contributed by atoms with van der Waals surface area (Å²) in [5, 5.41) is 8.95. The summed E-state index contributed by atoms with van der Waals surface area (Å²) in [5.41, 5.74) is 6.25. The monoisotopic (exact) mass is 182 g/mol. The van der Waals surface area contributed by atoms with E-state index in [1.165, 1.54) is 6.20 Å². The molecule has 0 radical (unpaired) electrons. The highest BCUT2D eigenvalue weighted by Crippen LogP contribution is 2.03. The third-order valence-electron chi connectivity index (χ3n) is 1.70. The van der Waals surface area contributed by atoms with E-state index in [-0.39, 0.29) is 5.91 Å². The van der Waals surface area contributed by atoms with Crippen LogP contribution in [0.2, 0.25) is 0 Å². The van der Waals surface area contributed by atoms with E-state index in [1.807, 2.05) is 6.92 Å². The molecule has 0 bridgehead atoms. The molecule has 0 spiro atoms. The van der Waals surface area contributed by atoms with Gasteiger partial charge in [0.25, 0.3) is 0 Å². The highest BCUT2D eigenvalue weighted by molar-refractivity contribution is 5.94. The molecule has 0 aliphatic carbocycles. The Kier molecular flexibility index (Phi) is 3.45. The Morgan fingerprint density at radius 3 is 3.15 bits per heavy atom. The average Bonchev–Trinajstić information content (AvgIpc) is 2.57. The van der Waals surface area contributed by atoms with Gasteiger partial charge in [-0.3, -0.25) is 9.89 Å². The van der Waals surface area contributed by atoms with Gasteiger partial charge in [0, 0.05) is 6.20 Å². The molecule has 5 heteroatoms. The summed E-state index contributed by atoms with van der Waals surface area (Å²) in [5.74, 6) is -0.164. The zero-order valence-corrected chi connectivity index (χ0v) is 7.58. The van der Waals surface area contributed by atoms with Gasteiger partial charge in [-0.25, -0.2) is 0 Å². The third-order valence-corrected chi connectivity index (χ3v) is 1.70. The van der Waals surface area contributed by atoms with E-state index >= 15 is 0 Å². The predicted molar refractivity (Wildman–Crippen MR) is 50.1 cm³/mol. The molecule has 0 aromatic carbocycles. The van der Waals surface area contributed by atoms with Crippen LogP contribution in [0.15, 0.2) is 12.4 Å². The first kappa shape index (κ1) is 9.73. The largest absolute Gasteiger partial charge is 0.322 e. The van der Waals surface area contributed by atoms with Crippen LogP contribution >= 0.6 is 0 Å². The number of aromatic nitrogens is 2. The fraction of sp³-hybridized carbons (Fsp3) is 0.500. The van der Waals surface area contributed by atoms with E-state index in [0.29, 0.717) is 12.1 Å². The van der Waals surface area contributed by atoms with E-state index in [9.17, 15) is 4.79 Å². The summed E-state index contributed by atoms with van der Waals surface area (Å²) in [6.45, 7) is 1.99. The highest BCUT2D eigenvalue weighted by Gasteiger charge is 2.12. The molecule has 1 rings (SSSR count). The molecule has 1 aromatic heterocycles. The molecule has 0 aliphatic heterocycles. The lowest BCUT2D eigenvalue weighted by Gasteiger charge is -2.08. The van der Waals surface area contributed by atoms with Gasteiger partial charge in [0.15, 0.2) is 0 Å². The van der Waals surface area contributed by atoms with E-state index in [1.54, 1.807) is 6.20 Å². The summed E-state index contributed by atoms with van der Waals surface area (Å²) >= 11 is 0. The SMILES string of the molecule is CCCC(N)C(=O)Nc1cn[nH]c1. The molecule has 13 heavy (non-hydrogen) atoms. The van der Waals surface area contributed by atoms with Crippen molar-refractivity contribution in [3.05, 3.63) is 12.4 Å². The lowest BCUT2D eigenvalue weighted by molar-refractivity contribution is -0.117. The van der Waals surface area contributed by atoms with Crippen LogP contribution < -0.4 is 11.1 Å². The van der Waals surface area contributed by atoms with Gasteiger partial charge >= 0.3 is 0 Å². The summed E-state index contributed by atoms with van der Waals surface area (Å²) in [6.07, 6.45) is 4.75. The predicted octanol–water partition coefficient (Wildman–Crippen LogP) is 0.476. The summed E-state index contributed by atoms with van der Waals surface area (Å²) < 4.78 is 0. The first-order chi connectivity index (χ1) is 6.24. The number of nitrogens with one attached hydrogen (secondary N) is 2. The normalized spacial score (nSPS) is 12.5. The molecule has 0 fully saturated rings. The van der Waals surface area contributed by atoms with Crippen molar-refractivity contribution in [1.82, 2.24) is 10.2 Å². The Morgan fingerprint density at radius 2 is 2.62 bits per heavy atom. The molecular formula is C8H14N4O. The van der Waals surface area contributed by atoms with Crippen LogP contribution in [0.25, 0.3) is 0 Å². The third kappa shape index (κ3) is 2.87. The fourth-order valence-electron chi connectivity index (χ4n) is 0.996. The van der Waals surface area contributed by atoms with Crippen LogP contribution in [-0.2, 0) is 4.79 Å². The van der Waals surface area contributed by atoms with Crippen molar-refractivity contribution < 1.29 is 4.79 Å². The molecule has 0 aliphatic rings. The van der Waals surface area contributed by atoms with Crippen LogP contribution in [0.3, 0.4) is 0 Å². The van der Waals surface area contributed by atoms with Gasteiger partial charge in [0.1, 0.15) is 0 Å². The number of aromatic amines is 1. The number of nitrogens with two attached hydrogens (primary N) is 1. The number of carbonyl (C=O) groups excluding carboxylic acids is 1. The quantitative estimate of drug-likeness (QED) is 0.633. The number of anilines is 1. The van der Waals surface area contributed by atoms with Crippen molar-refractivity contribution in [1.29, 1.82) is 0 Å². The van der Waals surface area contributed by atoms with Crippen LogP contribution in [0.4, 0.5) is 5.69 Å². The molecule has 4 N–H and O–H groups in total. The van der Waals surface area contributed by atoms with E-state index in [2.05, 4.69) is 15.5 Å². The first-order valence-corrected chi connectivity index (χ1v) is 4.29. The zero-order valence-electron chi connectivity index (χ0n) is 7.58. The van der Waals surface area contributed by atoms with Crippen molar-refractivity contribution in [2.45, 2.75) is 25.8 Å². The maximum atomic E-state index is 11.3. The van der Waals surface area contributed by atoms with Gasteiger partial charge in [-0.15, -0.1) is 0 Å². The lowest BCUT2D eigenvalue weighted by atomic mass is 10.2. The van der Waals surface area contributed by atoms with Crippen LogP contribution in [0.1, 0.15) is 19.8 Å². The number of carbonyl (C=O) groups is 1. The zero-order chi connectivity index (χ0) is 9.68. The second kappa shape index (κ2) is 4.61. The van der Waals surface area contributed by atoms with Crippen molar-refractivity contribution >= 4 is 11.6 Å². The van der Waals surface area contributed by atoms with E-state index in [0.717, 1.165) is 6.42 Å². The lowest BCUT2D eigenvalue weighted by Crippen LogP contribution is -2.35. The van der Waals surface area contributed by atoms with E-state index in [4.69, 9.17) is 5.73 Å². The number of nitrogens with zero attached hydrogens (tertiary/aromatic N) is 1. The average molecular weight is 182 g/mol. The molecule has 0 saturated carbocycles. The minimum absolute atomic E-state index is 0.164. The number of amides is 1. The molecule has 1 unspecified atom stereocenters. The Hall–Kier alpha value is -1.36. The van der Waals surface area contributed by atoms with Crippen molar-refractivity contribution in [3.63, 3.8) is 0 Å². The summed E-state index contributed by atoms with van der Waals surface area (Å²) in [6, 6.07) is -0.431. The molecule has 1 amide bonds. The first-order valence-electron chi connectivity index (χ1n) is 4.29. The Labute approximate surface area is 76.7 Å². The smallest absolute Gasteiger partial charge is 0.241 e. The Bertz CT molecular complexity index is 257. The van der Waals surface area contributed by atoms with Crippen LogP contribution in [-0.4, -0.2) is 22.1 Å². The Balaban J connectivity index is 2.41. The summed E-state index contributed by atoms with van der Waals surface area (Å²) in [4.78, 5) is 11.3. The fourth-order valence-corrected chi connectivity index (χ4v) is 0.996. The molecular weight excluding hydrogens is 168 g/mol. The second-order valence-corrected chi connectivity index (χ2v) is 2.87. The van der Waals surface area contributed by atoms with Crippen molar-refractivity contribution in [2.75, 3.05) is 5.32 Å².